The molecule has 1 aliphatic rings. The number of ether oxygens (including phenoxy) is 1. The highest BCUT2D eigenvalue weighted by atomic mass is 35.5. The van der Waals surface area contributed by atoms with Crippen LogP contribution in [0.4, 0.5) is 13.2 Å². The third-order valence-corrected chi connectivity index (χ3v) is 5.20. The first kappa shape index (κ1) is 18.0. The highest BCUT2D eigenvalue weighted by Gasteiger charge is 2.31. The molecule has 0 aliphatic carbocycles. The lowest BCUT2D eigenvalue weighted by Crippen LogP contribution is -2.42. The van der Waals surface area contributed by atoms with Crippen molar-refractivity contribution in [2.75, 3.05) is 31.3 Å². The van der Waals surface area contributed by atoms with Crippen LogP contribution in [0.2, 0.25) is 0 Å². The predicted octanol–water partition coefficient (Wildman–Crippen LogP) is 2.38. The molecule has 0 N–H and O–H groups in total. The van der Waals surface area contributed by atoms with Crippen LogP contribution in [0.15, 0.2) is 0 Å². The summed E-state index contributed by atoms with van der Waals surface area (Å²) in [7, 11) is -3.60. The minimum absolute atomic E-state index is 0.0182. The molecule has 1 heterocycles. The summed E-state index contributed by atoms with van der Waals surface area (Å²) >= 11 is 5.49. The van der Waals surface area contributed by atoms with E-state index in [1.54, 1.807) is 0 Å². The quantitative estimate of drug-likeness (QED) is 0.670. The average Bonchev–Trinajstić information content (AvgIpc) is 2.35. The zero-order valence-corrected chi connectivity index (χ0v) is 12.6. The molecule has 0 aromatic rings. The normalized spacial score (nSPS) is 19.4. The van der Waals surface area contributed by atoms with Crippen molar-refractivity contribution in [2.45, 2.75) is 38.0 Å². The van der Waals surface area contributed by atoms with Crippen LogP contribution in [0.3, 0.4) is 0 Å². The lowest BCUT2D eigenvalue weighted by atomic mass is 10.1. The topological polar surface area (TPSA) is 46.6 Å². The molecular weight excluding hydrogens is 319 g/mol. The molecule has 1 fully saturated rings. The van der Waals surface area contributed by atoms with Gasteiger partial charge in [-0.1, -0.05) is 0 Å². The van der Waals surface area contributed by atoms with Crippen LogP contribution in [0, 0.1) is 0 Å². The van der Waals surface area contributed by atoms with Crippen molar-refractivity contribution < 1.29 is 26.3 Å². The summed E-state index contributed by atoms with van der Waals surface area (Å²) in [5, 5.41) is 0. The second kappa shape index (κ2) is 7.82. The number of piperidine rings is 1. The van der Waals surface area contributed by atoms with Crippen molar-refractivity contribution in [2.24, 2.45) is 0 Å². The second-order valence-electron chi connectivity index (χ2n) is 4.69. The van der Waals surface area contributed by atoms with Gasteiger partial charge in [0, 0.05) is 25.4 Å². The molecular formula is C11H19ClF3NO3S. The minimum atomic E-state index is -4.31. The predicted molar refractivity (Wildman–Crippen MR) is 70.3 cm³/mol. The van der Waals surface area contributed by atoms with Crippen LogP contribution >= 0.6 is 11.6 Å². The Bertz CT molecular complexity index is 381. The highest BCUT2D eigenvalue weighted by Crippen LogP contribution is 2.23. The molecule has 1 rings (SSSR count). The van der Waals surface area contributed by atoms with Crippen molar-refractivity contribution in [1.82, 2.24) is 4.31 Å². The van der Waals surface area contributed by atoms with Crippen LogP contribution in [-0.2, 0) is 14.8 Å². The SMILES string of the molecule is O=S(=O)(CCCC(F)(F)F)N1CCC(OCCCl)CC1. The smallest absolute Gasteiger partial charge is 0.377 e. The third-order valence-electron chi connectivity index (χ3n) is 3.09. The van der Waals surface area contributed by atoms with Gasteiger partial charge in [-0.15, -0.1) is 11.6 Å². The summed E-state index contributed by atoms with van der Waals surface area (Å²) in [6, 6.07) is 0. The number of nitrogens with zero attached hydrogens (tertiary/aromatic N) is 1. The minimum Gasteiger partial charge on any atom is -0.377 e. The summed E-state index contributed by atoms with van der Waals surface area (Å²) in [4.78, 5) is 0. The summed E-state index contributed by atoms with van der Waals surface area (Å²) in [5.74, 6) is -0.0737. The van der Waals surface area contributed by atoms with Gasteiger partial charge in [-0.25, -0.2) is 12.7 Å². The van der Waals surface area contributed by atoms with E-state index in [2.05, 4.69) is 0 Å². The van der Waals surface area contributed by atoms with E-state index in [9.17, 15) is 21.6 Å². The van der Waals surface area contributed by atoms with Crippen molar-refractivity contribution in [3.8, 4) is 0 Å². The van der Waals surface area contributed by atoms with Crippen LogP contribution in [0.25, 0.3) is 0 Å². The Morgan fingerprint density at radius 1 is 1.25 bits per heavy atom. The molecule has 0 bridgehead atoms. The third kappa shape index (κ3) is 6.60. The number of sulfonamides is 1. The zero-order chi connectivity index (χ0) is 15.2. The van der Waals surface area contributed by atoms with Gasteiger partial charge in [-0.05, 0) is 19.3 Å². The molecule has 1 aliphatic heterocycles. The Hall–Kier alpha value is -0.0500. The van der Waals surface area contributed by atoms with Gasteiger partial charge in [0.15, 0.2) is 0 Å². The second-order valence-corrected chi connectivity index (χ2v) is 7.16. The first-order valence-electron chi connectivity index (χ1n) is 6.47. The maximum Gasteiger partial charge on any atom is 0.389 e. The fourth-order valence-corrected chi connectivity index (χ4v) is 3.70. The van der Waals surface area contributed by atoms with Crippen molar-refractivity contribution in [3.63, 3.8) is 0 Å². The van der Waals surface area contributed by atoms with Gasteiger partial charge < -0.3 is 4.74 Å². The Labute approximate surface area is 122 Å². The maximum atomic E-state index is 12.0. The number of hydrogen-bond donors (Lipinski definition) is 0. The van der Waals surface area contributed by atoms with E-state index in [4.69, 9.17) is 16.3 Å². The molecule has 9 heteroatoms. The van der Waals surface area contributed by atoms with E-state index in [0.717, 1.165) is 0 Å². The standard InChI is InChI=1S/C11H19ClF3NO3S/c12-5-8-19-10-2-6-16(7-3-10)20(17,18)9-1-4-11(13,14)15/h10H,1-9H2. The summed E-state index contributed by atoms with van der Waals surface area (Å²) in [5.41, 5.74) is 0. The highest BCUT2D eigenvalue weighted by molar-refractivity contribution is 7.89. The fraction of sp³-hybridized carbons (Fsp3) is 1.00. The van der Waals surface area contributed by atoms with Gasteiger partial charge in [0.1, 0.15) is 0 Å². The Morgan fingerprint density at radius 3 is 2.35 bits per heavy atom. The number of rotatable bonds is 7. The van der Waals surface area contributed by atoms with Gasteiger partial charge in [0.25, 0.3) is 0 Å². The number of halogens is 4. The van der Waals surface area contributed by atoms with Gasteiger partial charge in [0.05, 0.1) is 18.5 Å². The van der Waals surface area contributed by atoms with E-state index < -0.39 is 34.8 Å². The van der Waals surface area contributed by atoms with Crippen LogP contribution in [0.5, 0.6) is 0 Å². The van der Waals surface area contributed by atoms with E-state index in [0.29, 0.717) is 38.4 Å². The Morgan fingerprint density at radius 2 is 1.85 bits per heavy atom. The Balaban J connectivity index is 2.35. The molecule has 0 amide bonds. The van der Waals surface area contributed by atoms with Crippen molar-refractivity contribution in [3.05, 3.63) is 0 Å². The molecule has 0 unspecified atom stereocenters. The summed E-state index contributed by atoms with van der Waals surface area (Å²) in [6.45, 7) is 1.01. The molecule has 0 atom stereocenters. The molecule has 0 aromatic heterocycles. The van der Waals surface area contributed by atoms with E-state index >= 15 is 0 Å². The molecule has 0 spiro atoms. The van der Waals surface area contributed by atoms with Gasteiger partial charge in [-0.3, -0.25) is 0 Å². The molecule has 0 saturated carbocycles. The van der Waals surface area contributed by atoms with E-state index in [1.807, 2.05) is 0 Å². The van der Waals surface area contributed by atoms with Gasteiger partial charge in [-0.2, -0.15) is 13.2 Å². The van der Waals surface area contributed by atoms with Gasteiger partial charge >= 0.3 is 6.18 Å². The zero-order valence-electron chi connectivity index (χ0n) is 11.0. The molecule has 120 valence electrons. The lowest BCUT2D eigenvalue weighted by Gasteiger charge is -2.31. The van der Waals surface area contributed by atoms with E-state index in [-0.39, 0.29) is 6.10 Å². The monoisotopic (exact) mass is 337 g/mol. The van der Waals surface area contributed by atoms with Crippen molar-refractivity contribution in [1.29, 1.82) is 0 Å². The first-order chi connectivity index (χ1) is 9.24. The molecule has 0 radical (unpaired) electrons. The van der Waals surface area contributed by atoms with E-state index in [1.165, 1.54) is 4.31 Å². The van der Waals surface area contributed by atoms with Crippen LogP contribution < -0.4 is 0 Å². The Kier molecular flexibility index (Phi) is 7.03. The fourth-order valence-electron chi connectivity index (χ4n) is 2.07. The number of alkyl halides is 4. The summed E-state index contributed by atoms with van der Waals surface area (Å²) < 4.78 is 66.5. The van der Waals surface area contributed by atoms with Crippen LogP contribution in [0.1, 0.15) is 25.7 Å². The lowest BCUT2D eigenvalue weighted by molar-refractivity contribution is -0.134. The van der Waals surface area contributed by atoms with Crippen LogP contribution in [-0.4, -0.2) is 56.3 Å². The molecule has 0 aromatic carbocycles. The largest absolute Gasteiger partial charge is 0.389 e. The average molecular weight is 338 g/mol. The van der Waals surface area contributed by atoms with Crippen molar-refractivity contribution >= 4 is 21.6 Å². The number of hydrogen-bond acceptors (Lipinski definition) is 3. The maximum absolute atomic E-state index is 12.0. The molecule has 20 heavy (non-hydrogen) atoms. The van der Waals surface area contributed by atoms with Gasteiger partial charge in [0.2, 0.25) is 10.0 Å². The summed E-state index contributed by atoms with van der Waals surface area (Å²) in [6.07, 6.45) is -4.69. The molecule has 4 nitrogen and oxygen atoms in total. The molecule has 1 saturated heterocycles. The first-order valence-corrected chi connectivity index (χ1v) is 8.61.